The predicted octanol–water partition coefficient (Wildman–Crippen LogP) is 4.63. The summed E-state index contributed by atoms with van der Waals surface area (Å²) >= 11 is 0. The molecule has 23 heavy (non-hydrogen) atoms. The second-order valence-electron chi connectivity index (χ2n) is 7.74. The molecule has 0 radical (unpaired) electrons. The van der Waals surface area contributed by atoms with Crippen molar-refractivity contribution in [2.75, 3.05) is 0 Å². The Hall–Kier alpha value is -1.09. The van der Waals surface area contributed by atoms with Gasteiger partial charge in [0.25, 0.3) is 0 Å². The summed E-state index contributed by atoms with van der Waals surface area (Å²) in [6, 6.07) is 0. The van der Waals surface area contributed by atoms with Crippen LogP contribution in [-0.4, -0.2) is 18.4 Å². The quantitative estimate of drug-likeness (QED) is 0.423. The molecule has 0 aromatic heterocycles. The molecule has 1 heterocycles. The van der Waals surface area contributed by atoms with E-state index in [-0.39, 0.29) is 12.1 Å². The van der Waals surface area contributed by atoms with Crippen LogP contribution in [0.2, 0.25) is 0 Å². The maximum atomic E-state index is 12.1. The van der Waals surface area contributed by atoms with Gasteiger partial charge in [-0.3, -0.25) is 0 Å². The SMILES string of the molecule is C/C=C(\C)C(=O)OC1O[C@@H]2CC3CCC[C@H](C)C3[C@H](C)C2=C1C. The van der Waals surface area contributed by atoms with E-state index in [2.05, 4.69) is 20.8 Å². The lowest BCUT2D eigenvalue weighted by Crippen LogP contribution is -2.41. The molecule has 0 aromatic carbocycles. The summed E-state index contributed by atoms with van der Waals surface area (Å²) in [4.78, 5) is 12.1. The topological polar surface area (TPSA) is 35.5 Å². The van der Waals surface area contributed by atoms with Gasteiger partial charge in [0, 0.05) is 5.57 Å². The molecule has 2 aliphatic carbocycles. The number of fused-ring (bicyclic) bond motifs is 2. The molecule has 2 saturated carbocycles. The first-order valence-electron chi connectivity index (χ1n) is 9.14. The third-order valence-electron chi connectivity index (χ3n) is 6.43. The van der Waals surface area contributed by atoms with Gasteiger partial charge < -0.3 is 9.47 Å². The Bertz CT molecular complexity index is 545. The molecule has 3 aliphatic rings. The highest BCUT2D eigenvalue weighted by Gasteiger charge is 2.48. The normalized spacial score (nSPS) is 40.7. The molecule has 0 amide bonds. The highest BCUT2D eigenvalue weighted by atomic mass is 16.7. The van der Waals surface area contributed by atoms with Crippen LogP contribution < -0.4 is 0 Å². The van der Waals surface area contributed by atoms with Crippen molar-refractivity contribution in [3.63, 3.8) is 0 Å². The number of hydrogen-bond acceptors (Lipinski definition) is 3. The highest BCUT2D eigenvalue weighted by molar-refractivity contribution is 5.87. The molecule has 3 nitrogen and oxygen atoms in total. The van der Waals surface area contributed by atoms with E-state index in [1.165, 1.54) is 24.8 Å². The first-order chi connectivity index (χ1) is 10.9. The number of rotatable bonds is 2. The largest absolute Gasteiger partial charge is 0.428 e. The van der Waals surface area contributed by atoms with E-state index in [0.717, 1.165) is 29.7 Å². The van der Waals surface area contributed by atoms with Crippen molar-refractivity contribution in [3.8, 4) is 0 Å². The van der Waals surface area contributed by atoms with Crippen molar-refractivity contribution in [1.29, 1.82) is 0 Å². The Morgan fingerprint density at radius 2 is 2.04 bits per heavy atom. The van der Waals surface area contributed by atoms with Gasteiger partial charge in [0.2, 0.25) is 6.29 Å². The van der Waals surface area contributed by atoms with Gasteiger partial charge in [0.05, 0.1) is 6.10 Å². The Morgan fingerprint density at radius 3 is 2.74 bits per heavy atom. The van der Waals surface area contributed by atoms with E-state index < -0.39 is 6.29 Å². The number of esters is 1. The molecule has 0 N–H and O–H groups in total. The first kappa shape index (κ1) is 16.8. The summed E-state index contributed by atoms with van der Waals surface area (Å²) in [5, 5.41) is 0. The van der Waals surface area contributed by atoms with Crippen molar-refractivity contribution >= 4 is 5.97 Å². The Kier molecular flexibility index (Phi) is 4.68. The lowest BCUT2D eigenvalue weighted by molar-refractivity contribution is -0.170. The maximum absolute atomic E-state index is 12.1. The molecule has 3 heteroatoms. The van der Waals surface area contributed by atoms with Gasteiger partial charge >= 0.3 is 5.97 Å². The molecule has 0 bridgehead atoms. The summed E-state index contributed by atoms with van der Waals surface area (Å²) in [5.41, 5.74) is 3.18. The second-order valence-corrected chi connectivity index (χ2v) is 7.74. The van der Waals surface area contributed by atoms with Crippen molar-refractivity contribution in [3.05, 3.63) is 22.8 Å². The fourth-order valence-electron chi connectivity index (χ4n) is 5.18. The van der Waals surface area contributed by atoms with Gasteiger partial charge in [0.1, 0.15) is 0 Å². The highest BCUT2D eigenvalue weighted by Crippen LogP contribution is 2.52. The van der Waals surface area contributed by atoms with E-state index in [0.29, 0.717) is 11.5 Å². The number of ether oxygens (including phenoxy) is 2. The molecule has 0 aromatic rings. The average molecular weight is 318 g/mol. The summed E-state index contributed by atoms with van der Waals surface area (Å²) in [6.45, 7) is 10.5. The average Bonchev–Trinajstić information content (AvgIpc) is 2.82. The van der Waals surface area contributed by atoms with Gasteiger partial charge in [-0.25, -0.2) is 4.79 Å². The van der Waals surface area contributed by atoms with Crippen LogP contribution >= 0.6 is 0 Å². The van der Waals surface area contributed by atoms with Crippen LogP contribution in [0.1, 0.15) is 60.3 Å². The van der Waals surface area contributed by atoms with Crippen LogP contribution in [0.4, 0.5) is 0 Å². The van der Waals surface area contributed by atoms with Gasteiger partial charge in [0.15, 0.2) is 0 Å². The minimum atomic E-state index is -0.490. The van der Waals surface area contributed by atoms with E-state index in [4.69, 9.17) is 9.47 Å². The third kappa shape index (κ3) is 2.88. The second kappa shape index (κ2) is 6.43. The lowest BCUT2D eigenvalue weighted by Gasteiger charge is -2.46. The van der Waals surface area contributed by atoms with Crippen molar-refractivity contribution in [1.82, 2.24) is 0 Å². The van der Waals surface area contributed by atoms with Crippen molar-refractivity contribution in [2.24, 2.45) is 23.7 Å². The zero-order valence-electron chi connectivity index (χ0n) is 15.1. The molecule has 6 atom stereocenters. The predicted molar refractivity (Wildman–Crippen MR) is 90.7 cm³/mol. The molecule has 0 spiro atoms. The van der Waals surface area contributed by atoms with Crippen LogP contribution in [0.15, 0.2) is 22.8 Å². The van der Waals surface area contributed by atoms with Crippen LogP contribution in [-0.2, 0) is 14.3 Å². The number of carbonyl (C=O) groups excluding carboxylic acids is 1. The summed E-state index contributed by atoms with van der Waals surface area (Å²) in [6.07, 6.45) is 6.57. The number of carbonyl (C=O) groups is 1. The first-order valence-corrected chi connectivity index (χ1v) is 9.14. The summed E-state index contributed by atoms with van der Waals surface area (Å²) < 4.78 is 11.8. The van der Waals surface area contributed by atoms with Crippen LogP contribution in [0.5, 0.6) is 0 Å². The van der Waals surface area contributed by atoms with E-state index >= 15 is 0 Å². The van der Waals surface area contributed by atoms with Crippen LogP contribution in [0, 0.1) is 23.7 Å². The zero-order chi connectivity index (χ0) is 16.7. The van der Waals surface area contributed by atoms with Gasteiger partial charge in [-0.2, -0.15) is 0 Å². The van der Waals surface area contributed by atoms with Gasteiger partial charge in [-0.1, -0.05) is 39.2 Å². The fourth-order valence-corrected chi connectivity index (χ4v) is 5.18. The van der Waals surface area contributed by atoms with Crippen LogP contribution in [0.25, 0.3) is 0 Å². The third-order valence-corrected chi connectivity index (χ3v) is 6.43. The molecule has 3 unspecified atom stereocenters. The van der Waals surface area contributed by atoms with Crippen molar-refractivity contribution < 1.29 is 14.3 Å². The standard InChI is InChI=1S/C20H30O3/c1-6-11(2)19(21)23-20-14(5)18-13(4)17-12(3)8-7-9-15(17)10-16(18)22-20/h6,12-13,15-17,20H,7-10H2,1-5H3/b11-6+/t12-,13-,15?,16+,17?,20?/m0/s1. The molecule has 0 saturated heterocycles. The van der Waals surface area contributed by atoms with Crippen molar-refractivity contribution in [2.45, 2.75) is 72.7 Å². The van der Waals surface area contributed by atoms with Crippen LogP contribution in [0.3, 0.4) is 0 Å². The Morgan fingerprint density at radius 1 is 1.30 bits per heavy atom. The smallest absolute Gasteiger partial charge is 0.335 e. The summed E-state index contributed by atoms with van der Waals surface area (Å²) in [5.74, 6) is 2.59. The monoisotopic (exact) mass is 318 g/mol. The molecule has 2 fully saturated rings. The van der Waals surface area contributed by atoms with E-state index in [1.807, 2.05) is 6.92 Å². The molecule has 128 valence electrons. The van der Waals surface area contributed by atoms with E-state index in [1.54, 1.807) is 13.0 Å². The summed E-state index contributed by atoms with van der Waals surface area (Å²) in [7, 11) is 0. The lowest BCUT2D eigenvalue weighted by atomic mass is 9.59. The Labute approximate surface area is 140 Å². The molecular formula is C20H30O3. The van der Waals surface area contributed by atoms with Gasteiger partial charge in [-0.05, 0) is 62.0 Å². The fraction of sp³-hybridized carbons (Fsp3) is 0.750. The Balaban J connectivity index is 1.81. The van der Waals surface area contributed by atoms with E-state index in [9.17, 15) is 4.79 Å². The minimum absolute atomic E-state index is 0.153. The zero-order valence-corrected chi connectivity index (χ0v) is 15.1. The molecular weight excluding hydrogens is 288 g/mol. The van der Waals surface area contributed by atoms with Gasteiger partial charge in [-0.15, -0.1) is 0 Å². The number of allylic oxidation sites excluding steroid dienone is 1. The maximum Gasteiger partial charge on any atom is 0.335 e. The molecule has 3 rings (SSSR count). The minimum Gasteiger partial charge on any atom is -0.428 e. The number of hydrogen-bond donors (Lipinski definition) is 0. The molecule has 1 aliphatic heterocycles.